The zero-order valence-corrected chi connectivity index (χ0v) is 17.4. The molecule has 0 atom stereocenters. The van der Waals surface area contributed by atoms with Crippen molar-refractivity contribution in [2.45, 2.75) is 6.54 Å². The lowest BCUT2D eigenvalue weighted by Crippen LogP contribution is -2.08. The van der Waals surface area contributed by atoms with Gasteiger partial charge >= 0.3 is 0 Å². The number of nitrogens with two attached hydrogens (primary N) is 1. The third-order valence-corrected chi connectivity index (χ3v) is 5.43. The van der Waals surface area contributed by atoms with Gasteiger partial charge in [0.2, 0.25) is 0 Å². The molecule has 0 fully saturated rings. The first-order chi connectivity index (χ1) is 15.1. The summed E-state index contributed by atoms with van der Waals surface area (Å²) in [5.74, 6) is 0.477. The highest BCUT2D eigenvalue weighted by Gasteiger charge is 2.18. The van der Waals surface area contributed by atoms with E-state index >= 15 is 0 Å². The Labute approximate surface area is 180 Å². The van der Waals surface area contributed by atoms with Crippen LogP contribution in [0.25, 0.3) is 33.4 Å². The Morgan fingerprint density at radius 1 is 0.935 bits per heavy atom. The maximum atomic E-state index is 6.04. The molecule has 0 radical (unpaired) electrons. The van der Waals surface area contributed by atoms with E-state index in [2.05, 4.69) is 61.8 Å². The van der Waals surface area contributed by atoms with Crippen molar-refractivity contribution in [1.82, 2.24) is 25.2 Å². The minimum absolute atomic E-state index is 0.477. The van der Waals surface area contributed by atoms with Gasteiger partial charge in [0, 0.05) is 36.3 Å². The van der Waals surface area contributed by atoms with Crippen LogP contribution in [0.1, 0.15) is 5.56 Å². The predicted octanol–water partition coefficient (Wildman–Crippen LogP) is 4.18. The number of benzene rings is 3. The van der Waals surface area contributed by atoms with E-state index < -0.39 is 0 Å². The summed E-state index contributed by atoms with van der Waals surface area (Å²) in [5, 5.41) is 17.0. The highest BCUT2D eigenvalue weighted by atomic mass is 15.4. The number of anilines is 2. The fraction of sp³-hybridized carbons (Fsp3) is 0.125. The number of fused-ring (bicyclic) bond motifs is 1. The number of nitrogens with one attached hydrogen (secondary N) is 1. The molecular formula is C24H23N7. The minimum atomic E-state index is 0.477. The highest BCUT2D eigenvalue weighted by molar-refractivity contribution is 5.93. The van der Waals surface area contributed by atoms with Crippen LogP contribution < -0.4 is 10.6 Å². The molecule has 31 heavy (non-hydrogen) atoms. The van der Waals surface area contributed by atoms with Gasteiger partial charge in [-0.3, -0.25) is 5.10 Å². The lowest BCUT2D eigenvalue weighted by atomic mass is 10.0. The van der Waals surface area contributed by atoms with Crippen molar-refractivity contribution in [2.75, 3.05) is 24.7 Å². The molecule has 0 amide bonds. The Morgan fingerprint density at radius 3 is 2.42 bits per heavy atom. The minimum Gasteiger partial charge on any atom is -0.382 e. The molecule has 0 aliphatic rings. The van der Waals surface area contributed by atoms with E-state index in [-0.39, 0.29) is 0 Å². The van der Waals surface area contributed by atoms with Crippen molar-refractivity contribution >= 4 is 22.4 Å². The Morgan fingerprint density at radius 2 is 1.68 bits per heavy atom. The Bertz CT molecular complexity index is 1330. The van der Waals surface area contributed by atoms with Gasteiger partial charge in [0.25, 0.3) is 0 Å². The Hall–Kier alpha value is -4.13. The lowest BCUT2D eigenvalue weighted by molar-refractivity contribution is 0.656. The van der Waals surface area contributed by atoms with Gasteiger partial charge in [-0.2, -0.15) is 5.10 Å². The fourth-order valence-electron chi connectivity index (χ4n) is 3.76. The molecule has 2 aromatic heterocycles. The SMILES string of the molecule is CN(C)c1ccc(-c2c(-c3ccc4[nH]nc(N)c4c3)nnn2Cc2ccccc2)cc1. The zero-order valence-electron chi connectivity index (χ0n) is 17.4. The first kappa shape index (κ1) is 18.9. The summed E-state index contributed by atoms with van der Waals surface area (Å²) >= 11 is 0. The molecule has 3 N–H and O–H groups in total. The van der Waals surface area contributed by atoms with Crippen LogP contribution in [0.15, 0.2) is 72.8 Å². The summed E-state index contributed by atoms with van der Waals surface area (Å²) in [6.45, 7) is 0.634. The van der Waals surface area contributed by atoms with Gasteiger partial charge in [0.1, 0.15) is 5.69 Å². The van der Waals surface area contributed by atoms with E-state index in [1.165, 1.54) is 5.56 Å². The van der Waals surface area contributed by atoms with E-state index in [1.807, 2.05) is 55.2 Å². The summed E-state index contributed by atoms with van der Waals surface area (Å²) in [7, 11) is 4.07. The largest absolute Gasteiger partial charge is 0.382 e. The number of hydrogen-bond donors (Lipinski definition) is 2. The molecule has 0 aliphatic carbocycles. The summed E-state index contributed by atoms with van der Waals surface area (Å²) in [5.41, 5.74) is 13.0. The van der Waals surface area contributed by atoms with Gasteiger partial charge in [-0.1, -0.05) is 53.7 Å². The van der Waals surface area contributed by atoms with Crippen molar-refractivity contribution in [1.29, 1.82) is 0 Å². The molecule has 0 unspecified atom stereocenters. The molecule has 0 aliphatic heterocycles. The van der Waals surface area contributed by atoms with E-state index in [0.717, 1.165) is 39.1 Å². The van der Waals surface area contributed by atoms with Crippen LogP contribution in [0.2, 0.25) is 0 Å². The van der Waals surface area contributed by atoms with Crippen LogP contribution >= 0.6 is 0 Å². The van der Waals surface area contributed by atoms with Crippen molar-refractivity contribution in [2.24, 2.45) is 0 Å². The molecule has 3 aromatic carbocycles. The Balaban J connectivity index is 1.65. The molecule has 154 valence electrons. The van der Waals surface area contributed by atoms with Crippen LogP contribution in [-0.2, 0) is 6.54 Å². The molecule has 2 heterocycles. The number of H-pyrrole nitrogens is 1. The molecule has 7 nitrogen and oxygen atoms in total. The number of hydrogen-bond acceptors (Lipinski definition) is 5. The molecule has 0 saturated heterocycles. The summed E-state index contributed by atoms with van der Waals surface area (Å²) in [6, 6.07) is 24.7. The molecule has 7 heteroatoms. The second-order valence-corrected chi connectivity index (χ2v) is 7.74. The smallest absolute Gasteiger partial charge is 0.153 e. The number of aromatic amines is 1. The van der Waals surface area contributed by atoms with Gasteiger partial charge in [-0.25, -0.2) is 4.68 Å². The Kier molecular flexibility index (Phi) is 4.63. The first-order valence-electron chi connectivity index (χ1n) is 10.1. The number of rotatable bonds is 5. The van der Waals surface area contributed by atoms with Crippen LogP contribution in [0.3, 0.4) is 0 Å². The van der Waals surface area contributed by atoms with Crippen LogP contribution in [0.4, 0.5) is 11.5 Å². The topological polar surface area (TPSA) is 88.7 Å². The van der Waals surface area contributed by atoms with E-state index in [4.69, 9.17) is 5.73 Å². The standard InChI is InChI=1S/C24H23N7/c1-30(2)19-11-8-17(9-12-19)23-22(18-10-13-21-20(14-18)24(25)28-26-21)27-29-31(23)15-16-6-4-3-5-7-16/h3-14H,15H2,1-2H3,(H3,25,26,28). The highest BCUT2D eigenvalue weighted by Crippen LogP contribution is 2.34. The second-order valence-electron chi connectivity index (χ2n) is 7.74. The predicted molar refractivity (Wildman–Crippen MR) is 125 cm³/mol. The lowest BCUT2D eigenvalue weighted by Gasteiger charge is -2.14. The fourth-order valence-corrected chi connectivity index (χ4v) is 3.76. The average molecular weight is 409 g/mol. The van der Waals surface area contributed by atoms with Crippen molar-refractivity contribution in [3.05, 3.63) is 78.4 Å². The van der Waals surface area contributed by atoms with Crippen LogP contribution in [0.5, 0.6) is 0 Å². The molecule has 0 bridgehead atoms. The maximum Gasteiger partial charge on any atom is 0.153 e. The van der Waals surface area contributed by atoms with E-state index in [0.29, 0.717) is 12.4 Å². The second kappa shape index (κ2) is 7.60. The van der Waals surface area contributed by atoms with Crippen LogP contribution in [0, 0.1) is 0 Å². The summed E-state index contributed by atoms with van der Waals surface area (Å²) in [6.07, 6.45) is 0. The van der Waals surface area contributed by atoms with Gasteiger partial charge in [0.05, 0.1) is 17.8 Å². The van der Waals surface area contributed by atoms with Crippen molar-refractivity contribution in [3.8, 4) is 22.5 Å². The summed E-state index contributed by atoms with van der Waals surface area (Å²) in [4.78, 5) is 2.08. The maximum absolute atomic E-state index is 6.04. The third-order valence-electron chi connectivity index (χ3n) is 5.43. The molecule has 5 rings (SSSR count). The molecular weight excluding hydrogens is 386 g/mol. The monoisotopic (exact) mass is 409 g/mol. The number of aromatic nitrogens is 5. The first-order valence-corrected chi connectivity index (χ1v) is 10.1. The van der Waals surface area contributed by atoms with Gasteiger partial charge in [-0.15, -0.1) is 5.10 Å². The third kappa shape index (κ3) is 3.50. The average Bonchev–Trinajstić information content (AvgIpc) is 3.38. The quantitative estimate of drug-likeness (QED) is 0.454. The molecule has 0 saturated carbocycles. The van der Waals surface area contributed by atoms with Gasteiger partial charge < -0.3 is 10.6 Å². The number of nitrogens with zero attached hydrogens (tertiary/aromatic N) is 5. The normalized spacial score (nSPS) is 11.2. The zero-order chi connectivity index (χ0) is 21.4. The molecule has 0 spiro atoms. The number of nitrogen functional groups attached to an aromatic ring is 1. The van der Waals surface area contributed by atoms with Crippen molar-refractivity contribution < 1.29 is 0 Å². The summed E-state index contributed by atoms with van der Waals surface area (Å²) < 4.78 is 1.96. The van der Waals surface area contributed by atoms with E-state index in [1.54, 1.807) is 0 Å². The van der Waals surface area contributed by atoms with Gasteiger partial charge in [-0.05, 0) is 29.8 Å². The van der Waals surface area contributed by atoms with Gasteiger partial charge in [0.15, 0.2) is 5.82 Å². The van der Waals surface area contributed by atoms with Crippen molar-refractivity contribution in [3.63, 3.8) is 0 Å². The van der Waals surface area contributed by atoms with E-state index in [9.17, 15) is 0 Å². The molecule has 5 aromatic rings. The van der Waals surface area contributed by atoms with Crippen LogP contribution in [-0.4, -0.2) is 39.3 Å².